The molecule has 0 rings (SSSR count). The lowest BCUT2D eigenvalue weighted by atomic mass is 10.3. The van der Waals surface area contributed by atoms with E-state index in [0.29, 0.717) is 13.1 Å². The number of rotatable bonds is 5. The van der Waals surface area contributed by atoms with Crippen LogP contribution in [0, 0.1) is 0 Å². The van der Waals surface area contributed by atoms with E-state index in [0.717, 1.165) is 0 Å². The van der Waals surface area contributed by atoms with Crippen molar-refractivity contribution in [2.45, 2.75) is 6.04 Å². The first kappa shape index (κ1) is 9.13. The zero-order chi connectivity index (χ0) is 7.98. The number of amides is 1. The fourth-order valence-electron chi connectivity index (χ4n) is 0.441. The molecule has 0 aliphatic carbocycles. The Morgan fingerprint density at radius 3 is 2.80 bits per heavy atom. The first-order chi connectivity index (χ1) is 4.68. The molecule has 0 aromatic heterocycles. The third-order valence-electron chi connectivity index (χ3n) is 1.02. The van der Waals surface area contributed by atoms with Gasteiger partial charge < -0.3 is 16.8 Å². The Morgan fingerprint density at radius 1 is 1.80 bits per heavy atom. The van der Waals surface area contributed by atoms with Gasteiger partial charge in [-0.3, -0.25) is 4.79 Å². The number of primary amides is 1. The van der Waals surface area contributed by atoms with Crippen molar-refractivity contribution in [2.24, 2.45) is 11.5 Å². The van der Waals surface area contributed by atoms with E-state index in [-0.39, 0.29) is 0 Å². The third-order valence-corrected chi connectivity index (χ3v) is 1.02. The molecule has 4 nitrogen and oxygen atoms in total. The summed E-state index contributed by atoms with van der Waals surface area (Å²) in [5.74, 6) is -0.489. The lowest BCUT2D eigenvalue weighted by Crippen LogP contribution is -2.44. The fraction of sp³-hybridized carbons (Fsp3) is 0.500. The minimum absolute atomic E-state index is 0.404. The second-order valence-electron chi connectivity index (χ2n) is 1.96. The van der Waals surface area contributed by atoms with Crippen LogP contribution < -0.4 is 16.8 Å². The van der Waals surface area contributed by atoms with Gasteiger partial charge in [-0.2, -0.15) is 0 Å². The molecule has 58 valence electrons. The highest BCUT2D eigenvalue weighted by Gasteiger charge is 2.06. The van der Waals surface area contributed by atoms with Gasteiger partial charge in [-0.15, -0.1) is 6.58 Å². The predicted octanol–water partition coefficient (Wildman–Crippen LogP) is -1.43. The zero-order valence-electron chi connectivity index (χ0n) is 5.84. The van der Waals surface area contributed by atoms with E-state index < -0.39 is 11.9 Å². The molecule has 4 heteroatoms. The van der Waals surface area contributed by atoms with Crippen LogP contribution in [0.3, 0.4) is 0 Å². The first-order valence-corrected chi connectivity index (χ1v) is 3.05. The Morgan fingerprint density at radius 2 is 2.40 bits per heavy atom. The lowest BCUT2D eigenvalue weighted by molar-refractivity contribution is -0.119. The standard InChI is InChI=1S/C6H13N3O/c1-2-3-9-4-5(7)6(8)10/h2,5,9H,1,3-4,7H2,(H2,8,10). The van der Waals surface area contributed by atoms with Gasteiger partial charge in [0, 0.05) is 13.1 Å². The number of carbonyl (C=O) groups is 1. The summed E-state index contributed by atoms with van der Waals surface area (Å²) < 4.78 is 0. The van der Waals surface area contributed by atoms with Gasteiger partial charge in [-0.1, -0.05) is 6.08 Å². The van der Waals surface area contributed by atoms with Gasteiger partial charge in [0.15, 0.2) is 0 Å². The summed E-state index contributed by atoms with van der Waals surface area (Å²) in [6, 6.07) is -0.597. The SMILES string of the molecule is C=CCNCC(N)C(N)=O. The van der Waals surface area contributed by atoms with Crippen LogP contribution in [0.15, 0.2) is 12.7 Å². The molecular weight excluding hydrogens is 130 g/mol. The summed E-state index contributed by atoms with van der Waals surface area (Å²) in [7, 11) is 0. The summed E-state index contributed by atoms with van der Waals surface area (Å²) >= 11 is 0. The summed E-state index contributed by atoms with van der Waals surface area (Å²) in [6.45, 7) is 4.53. The maximum atomic E-state index is 10.3. The second kappa shape index (κ2) is 4.96. The van der Waals surface area contributed by atoms with Gasteiger partial charge in [0.25, 0.3) is 0 Å². The molecule has 0 saturated carbocycles. The van der Waals surface area contributed by atoms with Crippen LogP contribution in [-0.4, -0.2) is 25.0 Å². The Hall–Kier alpha value is -0.870. The lowest BCUT2D eigenvalue weighted by Gasteiger charge is -2.06. The highest BCUT2D eigenvalue weighted by molar-refractivity contribution is 5.79. The van der Waals surface area contributed by atoms with Crippen LogP contribution in [0.1, 0.15) is 0 Å². The average molecular weight is 143 g/mol. The highest BCUT2D eigenvalue weighted by Crippen LogP contribution is 1.71. The Labute approximate surface area is 60.3 Å². The third kappa shape index (κ3) is 4.05. The first-order valence-electron chi connectivity index (χ1n) is 3.05. The van der Waals surface area contributed by atoms with Crippen molar-refractivity contribution in [2.75, 3.05) is 13.1 Å². The maximum absolute atomic E-state index is 10.3. The van der Waals surface area contributed by atoms with E-state index >= 15 is 0 Å². The largest absolute Gasteiger partial charge is 0.368 e. The maximum Gasteiger partial charge on any atom is 0.235 e. The van der Waals surface area contributed by atoms with Crippen molar-refractivity contribution in [3.63, 3.8) is 0 Å². The second-order valence-corrected chi connectivity index (χ2v) is 1.96. The molecule has 0 aliphatic heterocycles. The number of nitrogens with two attached hydrogens (primary N) is 2. The molecule has 10 heavy (non-hydrogen) atoms. The normalized spacial score (nSPS) is 12.5. The molecule has 1 amide bonds. The van der Waals surface area contributed by atoms with Crippen LogP contribution >= 0.6 is 0 Å². The van der Waals surface area contributed by atoms with Crippen LogP contribution in [0.5, 0.6) is 0 Å². The van der Waals surface area contributed by atoms with Gasteiger partial charge in [0.05, 0.1) is 6.04 Å². The molecule has 1 atom stereocenters. The smallest absolute Gasteiger partial charge is 0.235 e. The summed E-state index contributed by atoms with van der Waals surface area (Å²) in [6.07, 6.45) is 1.69. The van der Waals surface area contributed by atoms with E-state index in [1.54, 1.807) is 6.08 Å². The molecule has 0 fully saturated rings. The molecule has 0 aromatic rings. The minimum Gasteiger partial charge on any atom is -0.368 e. The molecule has 0 heterocycles. The van der Waals surface area contributed by atoms with Gasteiger partial charge in [-0.05, 0) is 0 Å². The van der Waals surface area contributed by atoms with Crippen molar-refractivity contribution in [1.29, 1.82) is 0 Å². The molecule has 0 bridgehead atoms. The van der Waals surface area contributed by atoms with Crippen LogP contribution in [0.25, 0.3) is 0 Å². The molecule has 0 saturated heterocycles. The van der Waals surface area contributed by atoms with Gasteiger partial charge >= 0.3 is 0 Å². The average Bonchev–Trinajstić information content (AvgIpc) is 1.88. The quantitative estimate of drug-likeness (QED) is 0.326. The minimum atomic E-state index is -0.597. The topological polar surface area (TPSA) is 81.1 Å². The summed E-state index contributed by atoms with van der Waals surface area (Å²) in [5.41, 5.74) is 10.2. The predicted molar refractivity (Wildman–Crippen MR) is 40.2 cm³/mol. The van der Waals surface area contributed by atoms with Crippen LogP contribution in [-0.2, 0) is 4.79 Å². The number of nitrogens with one attached hydrogen (secondary N) is 1. The number of hydrogen-bond acceptors (Lipinski definition) is 3. The van der Waals surface area contributed by atoms with Crippen molar-refractivity contribution in [1.82, 2.24) is 5.32 Å². The van der Waals surface area contributed by atoms with E-state index in [9.17, 15) is 4.79 Å². The fourth-order valence-corrected chi connectivity index (χ4v) is 0.441. The van der Waals surface area contributed by atoms with Crippen LogP contribution in [0.2, 0.25) is 0 Å². The number of hydrogen-bond donors (Lipinski definition) is 3. The van der Waals surface area contributed by atoms with E-state index in [1.165, 1.54) is 0 Å². The molecule has 0 aromatic carbocycles. The monoisotopic (exact) mass is 143 g/mol. The highest BCUT2D eigenvalue weighted by atomic mass is 16.1. The zero-order valence-corrected chi connectivity index (χ0v) is 5.84. The van der Waals surface area contributed by atoms with Crippen molar-refractivity contribution < 1.29 is 4.79 Å². The van der Waals surface area contributed by atoms with Gasteiger partial charge in [-0.25, -0.2) is 0 Å². The Balaban J connectivity index is 3.30. The molecule has 0 radical (unpaired) electrons. The van der Waals surface area contributed by atoms with Crippen molar-refractivity contribution in [3.05, 3.63) is 12.7 Å². The van der Waals surface area contributed by atoms with E-state index in [2.05, 4.69) is 11.9 Å². The van der Waals surface area contributed by atoms with Crippen molar-refractivity contribution >= 4 is 5.91 Å². The molecule has 0 aliphatic rings. The Bertz CT molecular complexity index is 124. The van der Waals surface area contributed by atoms with E-state index in [1.807, 2.05) is 0 Å². The van der Waals surface area contributed by atoms with Gasteiger partial charge in [0.2, 0.25) is 5.91 Å². The van der Waals surface area contributed by atoms with Crippen LogP contribution in [0.4, 0.5) is 0 Å². The summed E-state index contributed by atoms with van der Waals surface area (Å²) in [4.78, 5) is 10.3. The van der Waals surface area contributed by atoms with Gasteiger partial charge in [0.1, 0.15) is 0 Å². The molecule has 0 spiro atoms. The van der Waals surface area contributed by atoms with Crippen molar-refractivity contribution in [3.8, 4) is 0 Å². The molecule has 5 N–H and O–H groups in total. The molecular formula is C6H13N3O. The van der Waals surface area contributed by atoms with E-state index in [4.69, 9.17) is 11.5 Å². The Kier molecular flexibility index (Phi) is 4.53. The number of carbonyl (C=O) groups excluding carboxylic acids is 1. The summed E-state index contributed by atoms with van der Waals surface area (Å²) in [5, 5.41) is 2.87. The molecule has 1 unspecified atom stereocenters.